The van der Waals surface area contributed by atoms with Crippen molar-refractivity contribution in [2.75, 3.05) is 0 Å². The molecule has 0 aliphatic heterocycles. The van der Waals surface area contributed by atoms with Gasteiger partial charge < -0.3 is 5.11 Å². The average Bonchev–Trinajstić information content (AvgIpc) is 2.28. The first-order valence-corrected chi connectivity index (χ1v) is 7.63. The number of aliphatic hydroxyl groups is 1. The summed E-state index contributed by atoms with van der Waals surface area (Å²) in [5.41, 5.74) is 1.06. The van der Waals surface area contributed by atoms with Crippen LogP contribution in [0.1, 0.15) is 38.3 Å². The van der Waals surface area contributed by atoms with Gasteiger partial charge in [-0.15, -0.1) is 0 Å². The molecule has 0 amide bonds. The van der Waals surface area contributed by atoms with Gasteiger partial charge in [-0.3, -0.25) is 0 Å². The Morgan fingerprint density at radius 2 is 1.67 bits per heavy atom. The molecule has 0 atom stereocenters. The zero-order valence-electron chi connectivity index (χ0n) is 11.1. The number of benzene rings is 1. The third-order valence-corrected chi connectivity index (χ3v) is 4.45. The van der Waals surface area contributed by atoms with E-state index in [0.717, 1.165) is 12.0 Å². The van der Waals surface area contributed by atoms with Gasteiger partial charge in [-0.05, 0) is 31.4 Å². The second-order valence-electron chi connectivity index (χ2n) is 5.07. The highest BCUT2D eigenvalue weighted by molar-refractivity contribution is 7.88. The lowest BCUT2D eigenvalue weighted by Crippen LogP contribution is -2.43. The fourth-order valence-electron chi connectivity index (χ4n) is 1.49. The predicted molar refractivity (Wildman–Crippen MR) is 72.5 cm³/mol. The molecule has 18 heavy (non-hydrogen) atoms. The number of aliphatic hydroxyl groups excluding tert-OH is 1. The maximum Gasteiger partial charge on any atom is 0.216 e. The lowest BCUT2D eigenvalue weighted by atomic mass is 10.0. The molecule has 0 unspecified atom stereocenters. The molecule has 0 heterocycles. The van der Waals surface area contributed by atoms with Crippen LogP contribution in [-0.4, -0.2) is 19.1 Å². The van der Waals surface area contributed by atoms with Gasteiger partial charge >= 0.3 is 0 Å². The Labute approximate surface area is 109 Å². The minimum Gasteiger partial charge on any atom is -0.392 e. The van der Waals surface area contributed by atoms with Crippen LogP contribution in [0, 0.1) is 0 Å². The first-order valence-electron chi connectivity index (χ1n) is 5.98. The Hall–Kier alpha value is -0.910. The highest BCUT2D eigenvalue weighted by Crippen LogP contribution is 2.13. The molecule has 4 nitrogen and oxygen atoms in total. The molecule has 5 heteroatoms. The Balaban J connectivity index is 2.76. The zero-order valence-corrected chi connectivity index (χ0v) is 11.9. The van der Waals surface area contributed by atoms with Crippen LogP contribution >= 0.6 is 0 Å². The standard InChI is InChI=1S/C13H21NO3S/c1-4-13(2,3)14-18(16,17)10-12-7-5-11(9-15)6-8-12/h5-8,14-15H,4,9-10H2,1-3H3. The van der Waals surface area contributed by atoms with Crippen molar-refractivity contribution in [2.45, 2.75) is 45.1 Å². The predicted octanol–water partition coefficient (Wildman–Crippen LogP) is 1.79. The van der Waals surface area contributed by atoms with Gasteiger partial charge in [-0.25, -0.2) is 13.1 Å². The monoisotopic (exact) mass is 271 g/mol. The summed E-state index contributed by atoms with van der Waals surface area (Å²) >= 11 is 0. The minimum absolute atomic E-state index is 0.0336. The normalized spacial score (nSPS) is 12.7. The van der Waals surface area contributed by atoms with Crippen LogP contribution in [0.25, 0.3) is 0 Å². The summed E-state index contributed by atoms with van der Waals surface area (Å²) in [6.45, 7) is 5.63. The number of rotatable bonds is 6. The van der Waals surface area contributed by atoms with E-state index in [9.17, 15) is 8.42 Å². The van der Waals surface area contributed by atoms with Gasteiger partial charge in [0.1, 0.15) is 0 Å². The van der Waals surface area contributed by atoms with Crippen molar-refractivity contribution in [3.8, 4) is 0 Å². The van der Waals surface area contributed by atoms with Crippen molar-refractivity contribution in [3.05, 3.63) is 35.4 Å². The molecule has 0 aliphatic rings. The van der Waals surface area contributed by atoms with E-state index in [2.05, 4.69) is 4.72 Å². The van der Waals surface area contributed by atoms with Gasteiger partial charge in [-0.2, -0.15) is 0 Å². The van der Waals surface area contributed by atoms with E-state index in [4.69, 9.17) is 5.11 Å². The first kappa shape index (κ1) is 15.1. The second kappa shape index (κ2) is 5.82. The molecule has 0 aromatic heterocycles. The van der Waals surface area contributed by atoms with E-state index < -0.39 is 15.6 Å². The molecule has 0 saturated carbocycles. The molecule has 1 aromatic carbocycles. The Morgan fingerprint density at radius 3 is 2.11 bits per heavy atom. The van der Waals surface area contributed by atoms with E-state index in [1.807, 2.05) is 20.8 Å². The molecule has 2 N–H and O–H groups in total. The van der Waals surface area contributed by atoms with Crippen LogP contribution in [0.3, 0.4) is 0 Å². The van der Waals surface area contributed by atoms with E-state index in [1.54, 1.807) is 24.3 Å². The van der Waals surface area contributed by atoms with E-state index in [0.29, 0.717) is 5.56 Å². The van der Waals surface area contributed by atoms with Crippen molar-refractivity contribution in [3.63, 3.8) is 0 Å². The average molecular weight is 271 g/mol. The van der Waals surface area contributed by atoms with Crippen LogP contribution in [0.5, 0.6) is 0 Å². The summed E-state index contributed by atoms with van der Waals surface area (Å²) in [6.07, 6.45) is 0.732. The number of sulfonamides is 1. The quantitative estimate of drug-likeness (QED) is 0.829. The highest BCUT2D eigenvalue weighted by atomic mass is 32.2. The first-order chi connectivity index (χ1) is 8.28. The molecule has 1 rings (SSSR count). The lowest BCUT2D eigenvalue weighted by Gasteiger charge is -2.24. The number of hydrogen-bond donors (Lipinski definition) is 2. The molecule has 0 bridgehead atoms. The van der Waals surface area contributed by atoms with Crippen molar-refractivity contribution < 1.29 is 13.5 Å². The molecule has 0 aliphatic carbocycles. The lowest BCUT2D eigenvalue weighted by molar-refractivity contribution is 0.282. The van der Waals surface area contributed by atoms with Crippen molar-refractivity contribution in [1.82, 2.24) is 4.72 Å². The van der Waals surface area contributed by atoms with Crippen molar-refractivity contribution >= 4 is 10.0 Å². The largest absolute Gasteiger partial charge is 0.392 e. The van der Waals surface area contributed by atoms with Crippen LogP contribution in [0.2, 0.25) is 0 Å². The van der Waals surface area contributed by atoms with Gasteiger partial charge in [-0.1, -0.05) is 31.2 Å². The Morgan fingerprint density at radius 1 is 1.17 bits per heavy atom. The van der Waals surface area contributed by atoms with Gasteiger partial charge in [0.15, 0.2) is 0 Å². The summed E-state index contributed by atoms with van der Waals surface area (Å²) < 4.78 is 26.6. The topological polar surface area (TPSA) is 66.4 Å². The van der Waals surface area contributed by atoms with Crippen LogP contribution < -0.4 is 4.72 Å². The third-order valence-electron chi connectivity index (χ3n) is 2.88. The summed E-state index contributed by atoms with van der Waals surface area (Å²) in [4.78, 5) is 0. The van der Waals surface area contributed by atoms with Crippen molar-refractivity contribution in [2.24, 2.45) is 0 Å². The van der Waals surface area contributed by atoms with E-state index >= 15 is 0 Å². The molecule has 0 saturated heterocycles. The van der Waals surface area contributed by atoms with Gasteiger partial charge in [0.25, 0.3) is 0 Å². The molecule has 0 fully saturated rings. The molecule has 0 radical (unpaired) electrons. The zero-order chi connectivity index (χ0) is 13.8. The van der Waals surface area contributed by atoms with Crippen LogP contribution in [-0.2, 0) is 22.4 Å². The van der Waals surface area contributed by atoms with Crippen LogP contribution in [0.15, 0.2) is 24.3 Å². The molecular weight excluding hydrogens is 250 g/mol. The van der Waals surface area contributed by atoms with E-state index in [1.165, 1.54) is 0 Å². The Bertz CT molecular complexity index is 477. The summed E-state index contributed by atoms with van der Waals surface area (Å²) in [5.74, 6) is -0.0395. The second-order valence-corrected chi connectivity index (χ2v) is 6.80. The maximum atomic E-state index is 12.0. The Kier molecular flexibility index (Phi) is 4.90. The van der Waals surface area contributed by atoms with Crippen LogP contribution in [0.4, 0.5) is 0 Å². The summed E-state index contributed by atoms with van der Waals surface area (Å²) in [5, 5.41) is 8.92. The molecule has 0 spiro atoms. The summed E-state index contributed by atoms with van der Waals surface area (Å²) in [7, 11) is -3.34. The highest BCUT2D eigenvalue weighted by Gasteiger charge is 2.22. The molecular formula is C13H21NO3S. The molecule has 102 valence electrons. The molecule has 1 aromatic rings. The number of hydrogen-bond acceptors (Lipinski definition) is 3. The number of nitrogens with one attached hydrogen (secondary N) is 1. The SMILES string of the molecule is CCC(C)(C)NS(=O)(=O)Cc1ccc(CO)cc1. The fraction of sp³-hybridized carbons (Fsp3) is 0.538. The van der Waals surface area contributed by atoms with Gasteiger partial charge in [0.2, 0.25) is 10.0 Å². The summed E-state index contributed by atoms with van der Waals surface area (Å²) in [6, 6.07) is 6.92. The van der Waals surface area contributed by atoms with Crippen molar-refractivity contribution in [1.29, 1.82) is 0 Å². The smallest absolute Gasteiger partial charge is 0.216 e. The third kappa shape index (κ3) is 4.76. The van der Waals surface area contributed by atoms with Gasteiger partial charge in [0.05, 0.1) is 12.4 Å². The van der Waals surface area contributed by atoms with Gasteiger partial charge in [0, 0.05) is 5.54 Å². The fourth-order valence-corrected chi connectivity index (χ4v) is 3.18. The minimum atomic E-state index is -3.34. The van der Waals surface area contributed by atoms with E-state index in [-0.39, 0.29) is 12.4 Å². The maximum absolute atomic E-state index is 12.0.